The number of hydrogen-bond donors (Lipinski definition) is 2. The summed E-state index contributed by atoms with van der Waals surface area (Å²) in [5.41, 5.74) is 4.41. The molecule has 234 valence electrons. The predicted octanol–water partition coefficient (Wildman–Crippen LogP) is 4.24. The first-order valence-electron chi connectivity index (χ1n) is 14.8. The number of benzene rings is 2. The molecular formula is C32H37N3O8S. The number of thioether (sulfide) groups is 1. The van der Waals surface area contributed by atoms with Gasteiger partial charge in [0, 0.05) is 44.4 Å². The summed E-state index contributed by atoms with van der Waals surface area (Å²) in [6, 6.07) is 15.2. The van der Waals surface area contributed by atoms with Gasteiger partial charge in [-0.2, -0.15) is 0 Å². The molecule has 2 aromatic rings. The topological polar surface area (TPSA) is 148 Å². The zero-order chi connectivity index (χ0) is 31.5. The van der Waals surface area contributed by atoms with Gasteiger partial charge in [-0.05, 0) is 47.9 Å². The first-order chi connectivity index (χ1) is 21.2. The van der Waals surface area contributed by atoms with E-state index in [1.165, 1.54) is 6.92 Å². The largest absolute Gasteiger partial charge is 0.449 e. The minimum atomic E-state index is -0.844. The number of carbonyl (C=O) groups is 6. The highest BCUT2D eigenvalue weighted by Gasteiger charge is 2.33. The average Bonchev–Trinajstić information content (AvgIpc) is 3.50. The Morgan fingerprint density at radius 1 is 0.909 bits per heavy atom. The molecule has 0 spiro atoms. The van der Waals surface area contributed by atoms with E-state index in [1.807, 2.05) is 36.4 Å². The van der Waals surface area contributed by atoms with E-state index >= 15 is 0 Å². The summed E-state index contributed by atoms with van der Waals surface area (Å²) in [6.45, 7) is 1.92. The van der Waals surface area contributed by atoms with Crippen molar-refractivity contribution in [1.82, 2.24) is 15.7 Å². The first-order valence-corrected chi connectivity index (χ1v) is 15.8. The van der Waals surface area contributed by atoms with Crippen molar-refractivity contribution < 1.29 is 38.3 Å². The number of alkyl carbamates (subject to hydrolysis) is 1. The molecule has 12 heteroatoms. The first kappa shape index (κ1) is 32.7. The summed E-state index contributed by atoms with van der Waals surface area (Å²) in [5.74, 6) is -1.65. The summed E-state index contributed by atoms with van der Waals surface area (Å²) >= 11 is 1.16. The van der Waals surface area contributed by atoms with Gasteiger partial charge in [0.2, 0.25) is 5.91 Å². The van der Waals surface area contributed by atoms with E-state index in [-0.39, 0.29) is 42.8 Å². The van der Waals surface area contributed by atoms with Crippen LogP contribution in [0.1, 0.15) is 75.3 Å². The molecule has 0 bridgehead atoms. The van der Waals surface area contributed by atoms with Gasteiger partial charge in [-0.3, -0.25) is 19.2 Å². The Bertz CT molecular complexity index is 1340. The molecule has 0 radical (unpaired) electrons. The highest BCUT2D eigenvalue weighted by molar-refractivity contribution is 8.13. The van der Waals surface area contributed by atoms with E-state index in [0.29, 0.717) is 49.5 Å². The highest BCUT2D eigenvalue weighted by Crippen LogP contribution is 2.44. The van der Waals surface area contributed by atoms with Gasteiger partial charge >= 0.3 is 12.1 Å². The molecule has 1 aliphatic carbocycles. The van der Waals surface area contributed by atoms with E-state index in [2.05, 4.69) is 22.8 Å². The number of imide groups is 1. The van der Waals surface area contributed by atoms with Crippen LogP contribution in [0.25, 0.3) is 11.1 Å². The molecule has 2 aliphatic rings. The lowest BCUT2D eigenvalue weighted by Gasteiger charge is -2.20. The third-order valence-electron chi connectivity index (χ3n) is 7.45. The van der Waals surface area contributed by atoms with Gasteiger partial charge in [0.05, 0.1) is 0 Å². The highest BCUT2D eigenvalue weighted by atomic mass is 32.2. The fourth-order valence-electron chi connectivity index (χ4n) is 5.27. The fourth-order valence-corrected chi connectivity index (χ4v) is 5.86. The lowest BCUT2D eigenvalue weighted by molar-refractivity contribution is -0.197. The quantitative estimate of drug-likeness (QED) is 0.220. The second kappa shape index (κ2) is 16.0. The van der Waals surface area contributed by atoms with E-state index in [0.717, 1.165) is 34.0 Å². The maximum atomic E-state index is 13.0. The third kappa shape index (κ3) is 8.91. The minimum absolute atomic E-state index is 0.0157. The molecule has 1 aliphatic heterocycles. The zero-order valence-corrected chi connectivity index (χ0v) is 25.5. The standard InChI is InChI=1S/C32H37N3O8S/c1-21(36)44-19-9-14-27(31(40)33-18-8-2-3-15-30(39)43-35-28(37)16-17-29(35)38)34-32(41)42-20-26-24-12-6-4-10-22(24)23-11-5-7-13-25(23)26/h4-7,10-13,26-27H,2-3,8-9,14-20H2,1H3,(H,33,40)(H,34,41). The van der Waals surface area contributed by atoms with Crippen LogP contribution in [-0.2, 0) is 33.5 Å². The van der Waals surface area contributed by atoms with Crippen LogP contribution in [0.15, 0.2) is 48.5 Å². The summed E-state index contributed by atoms with van der Waals surface area (Å²) in [7, 11) is 0. The summed E-state index contributed by atoms with van der Waals surface area (Å²) in [6.07, 6.45) is 1.90. The van der Waals surface area contributed by atoms with Crippen molar-refractivity contribution in [2.75, 3.05) is 18.9 Å². The number of fused-ring (bicyclic) bond motifs is 3. The molecule has 4 rings (SSSR count). The van der Waals surface area contributed by atoms with Gasteiger partial charge in [-0.1, -0.05) is 66.7 Å². The van der Waals surface area contributed by atoms with Crippen molar-refractivity contribution in [3.05, 3.63) is 59.7 Å². The smallest absolute Gasteiger partial charge is 0.407 e. The second-order valence-electron chi connectivity index (χ2n) is 10.7. The Hall–Kier alpha value is -4.19. The summed E-state index contributed by atoms with van der Waals surface area (Å²) < 4.78 is 5.63. The van der Waals surface area contributed by atoms with Crippen LogP contribution in [-0.4, -0.2) is 64.9 Å². The molecule has 0 saturated carbocycles. The molecule has 0 aromatic heterocycles. The van der Waals surface area contributed by atoms with Gasteiger partial charge in [-0.25, -0.2) is 9.59 Å². The molecule has 1 heterocycles. The molecule has 2 N–H and O–H groups in total. The van der Waals surface area contributed by atoms with Crippen molar-refractivity contribution in [2.24, 2.45) is 0 Å². The van der Waals surface area contributed by atoms with Crippen LogP contribution in [0.4, 0.5) is 4.79 Å². The van der Waals surface area contributed by atoms with E-state index in [4.69, 9.17) is 9.57 Å². The number of amides is 4. The molecule has 2 aromatic carbocycles. The van der Waals surface area contributed by atoms with Crippen LogP contribution >= 0.6 is 11.8 Å². The minimum Gasteiger partial charge on any atom is -0.449 e. The van der Waals surface area contributed by atoms with E-state index < -0.39 is 29.9 Å². The average molecular weight is 624 g/mol. The van der Waals surface area contributed by atoms with Crippen molar-refractivity contribution in [1.29, 1.82) is 0 Å². The molecule has 11 nitrogen and oxygen atoms in total. The Morgan fingerprint density at radius 2 is 1.55 bits per heavy atom. The summed E-state index contributed by atoms with van der Waals surface area (Å²) in [4.78, 5) is 77.1. The number of hydroxylamine groups is 2. The van der Waals surface area contributed by atoms with Crippen LogP contribution in [0, 0.1) is 0 Å². The summed E-state index contributed by atoms with van der Waals surface area (Å²) in [5, 5.41) is 6.03. The normalized spacial score (nSPS) is 14.5. The van der Waals surface area contributed by atoms with Crippen LogP contribution < -0.4 is 10.6 Å². The monoisotopic (exact) mass is 623 g/mol. The lowest BCUT2D eigenvalue weighted by Crippen LogP contribution is -2.47. The van der Waals surface area contributed by atoms with Crippen LogP contribution in [0.2, 0.25) is 0 Å². The van der Waals surface area contributed by atoms with Gasteiger partial charge < -0.3 is 20.2 Å². The number of ether oxygens (including phenoxy) is 1. The van der Waals surface area contributed by atoms with Crippen molar-refractivity contribution in [2.45, 2.75) is 70.3 Å². The predicted molar refractivity (Wildman–Crippen MR) is 163 cm³/mol. The van der Waals surface area contributed by atoms with Gasteiger partial charge in [-0.15, -0.1) is 5.06 Å². The van der Waals surface area contributed by atoms with Crippen LogP contribution in [0.5, 0.6) is 0 Å². The van der Waals surface area contributed by atoms with Crippen molar-refractivity contribution in [3.8, 4) is 11.1 Å². The van der Waals surface area contributed by atoms with Gasteiger partial charge in [0.15, 0.2) is 5.12 Å². The molecule has 1 saturated heterocycles. The Kier molecular flexibility index (Phi) is 11.9. The number of hydrogen-bond acceptors (Lipinski definition) is 9. The third-order valence-corrected chi connectivity index (χ3v) is 8.35. The van der Waals surface area contributed by atoms with Gasteiger partial charge in [0.1, 0.15) is 12.6 Å². The lowest BCUT2D eigenvalue weighted by atomic mass is 9.98. The molecular weight excluding hydrogens is 586 g/mol. The van der Waals surface area contributed by atoms with E-state index in [1.54, 1.807) is 0 Å². The number of rotatable bonds is 15. The number of nitrogens with one attached hydrogen (secondary N) is 2. The molecule has 4 amide bonds. The zero-order valence-electron chi connectivity index (χ0n) is 24.7. The number of carbonyl (C=O) groups excluding carboxylic acids is 6. The number of nitrogens with zero attached hydrogens (tertiary/aromatic N) is 1. The molecule has 1 unspecified atom stereocenters. The molecule has 1 atom stereocenters. The second-order valence-corrected chi connectivity index (χ2v) is 11.9. The molecule has 44 heavy (non-hydrogen) atoms. The maximum absolute atomic E-state index is 13.0. The fraction of sp³-hybridized carbons (Fsp3) is 0.438. The Balaban J connectivity index is 1.22. The van der Waals surface area contributed by atoms with Gasteiger partial charge in [0.25, 0.3) is 11.8 Å². The Morgan fingerprint density at radius 3 is 2.18 bits per heavy atom. The van der Waals surface area contributed by atoms with E-state index in [9.17, 15) is 28.8 Å². The number of unbranched alkanes of at least 4 members (excludes halogenated alkanes) is 2. The van der Waals surface area contributed by atoms with Crippen molar-refractivity contribution >= 4 is 46.7 Å². The SMILES string of the molecule is CC(=O)SCCCC(NC(=O)OCC1c2ccccc2-c2ccccc21)C(=O)NCCCCCC(=O)ON1C(=O)CCC1=O. The van der Waals surface area contributed by atoms with Crippen LogP contribution in [0.3, 0.4) is 0 Å². The maximum Gasteiger partial charge on any atom is 0.407 e. The Labute approximate surface area is 260 Å². The molecule has 1 fully saturated rings. The van der Waals surface area contributed by atoms with Crippen molar-refractivity contribution in [3.63, 3.8) is 0 Å².